The molecule has 0 spiro atoms. The summed E-state index contributed by atoms with van der Waals surface area (Å²) in [6.45, 7) is 0. The summed E-state index contributed by atoms with van der Waals surface area (Å²) in [6, 6.07) is 3.42. The molecular formula is C10H12BrNO2. The van der Waals surface area contributed by atoms with Crippen molar-refractivity contribution >= 4 is 15.9 Å². The molecule has 0 atom stereocenters. The predicted octanol–water partition coefficient (Wildman–Crippen LogP) is 2.11. The number of benzene rings is 1. The maximum Gasteiger partial charge on any atom is 0.133 e. The molecule has 1 aliphatic rings. The molecule has 0 heterocycles. The van der Waals surface area contributed by atoms with E-state index in [-0.39, 0.29) is 11.3 Å². The highest BCUT2D eigenvalue weighted by Crippen LogP contribution is 2.48. The summed E-state index contributed by atoms with van der Waals surface area (Å²) in [5.41, 5.74) is 6.45. The van der Waals surface area contributed by atoms with E-state index < -0.39 is 0 Å². The van der Waals surface area contributed by atoms with Crippen molar-refractivity contribution in [2.45, 2.75) is 18.4 Å². The van der Waals surface area contributed by atoms with Gasteiger partial charge in [-0.05, 0) is 40.9 Å². The third-order valence-corrected chi connectivity index (χ3v) is 3.21. The Labute approximate surface area is 91.0 Å². The fraction of sp³-hybridized carbons (Fsp3) is 0.400. The van der Waals surface area contributed by atoms with E-state index in [1.165, 1.54) is 0 Å². The Bertz CT molecular complexity index is 375. The zero-order chi connectivity index (χ0) is 10.3. The Balaban J connectivity index is 2.50. The fourth-order valence-electron chi connectivity index (χ4n) is 1.50. The summed E-state index contributed by atoms with van der Waals surface area (Å²) < 4.78 is 5.89. The number of phenolic OH excluding ortho intramolecular Hbond substituents is 1. The van der Waals surface area contributed by atoms with Gasteiger partial charge in [0.15, 0.2) is 0 Å². The van der Waals surface area contributed by atoms with Crippen molar-refractivity contribution in [1.82, 2.24) is 0 Å². The first-order valence-electron chi connectivity index (χ1n) is 4.43. The van der Waals surface area contributed by atoms with Crippen molar-refractivity contribution in [1.29, 1.82) is 0 Å². The van der Waals surface area contributed by atoms with Gasteiger partial charge in [-0.3, -0.25) is 0 Å². The molecule has 3 nitrogen and oxygen atoms in total. The molecule has 0 aromatic heterocycles. The highest BCUT2D eigenvalue weighted by Gasteiger charge is 2.42. The number of hydrogen-bond acceptors (Lipinski definition) is 3. The maximum atomic E-state index is 9.72. The van der Waals surface area contributed by atoms with Crippen molar-refractivity contribution in [3.8, 4) is 11.5 Å². The number of aromatic hydroxyl groups is 1. The first-order chi connectivity index (χ1) is 6.57. The van der Waals surface area contributed by atoms with Crippen LogP contribution >= 0.6 is 15.9 Å². The molecule has 1 aromatic carbocycles. The van der Waals surface area contributed by atoms with Crippen molar-refractivity contribution in [2.24, 2.45) is 5.73 Å². The number of hydrogen-bond donors (Lipinski definition) is 2. The van der Waals surface area contributed by atoms with Crippen LogP contribution in [0.3, 0.4) is 0 Å². The average Bonchev–Trinajstić information content (AvgIpc) is 2.85. The zero-order valence-electron chi connectivity index (χ0n) is 7.88. The van der Waals surface area contributed by atoms with Crippen LogP contribution in [0.15, 0.2) is 16.6 Å². The SMILES string of the molecule is COc1cc(C2(N)CC2)c(O)cc1Br. The van der Waals surface area contributed by atoms with Crippen molar-refractivity contribution < 1.29 is 9.84 Å². The van der Waals surface area contributed by atoms with Gasteiger partial charge < -0.3 is 15.6 Å². The number of ether oxygens (including phenoxy) is 1. The van der Waals surface area contributed by atoms with Gasteiger partial charge in [0, 0.05) is 11.1 Å². The van der Waals surface area contributed by atoms with Crippen molar-refractivity contribution in [2.75, 3.05) is 7.11 Å². The molecule has 0 amide bonds. The van der Waals surface area contributed by atoms with E-state index in [4.69, 9.17) is 10.5 Å². The Morgan fingerprint density at radius 1 is 1.50 bits per heavy atom. The molecule has 76 valence electrons. The third-order valence-electron chi connectivity index (χ3n) is 2.60. The molecule has 3 N–H and O–H groups in total. The molecule has 14 heavy (non-hydrogen) atoms. The summed E-state index contributed by atoms with van der Waals surface area (Å²) >= 11 is 3.30. The smallest absolute Gasteiger partial charge is 0.133 e. The van der Waals surface area contributed by atoms with E-state index in [1.54, 1.807) is 19.2 Å². The van der Waals surface area contributed by atoms with Gasteiger partial charge in [-0.2, -0.15) is 0 Å². The van der Waals surface area contributed by atoms with Gasteiger partial charge in [-0.1, -0.05) is 0 Å². The highest BCUT2D eigenvalue weighted by molar-refractivity contribution is 9.10. The Morgan fingerprint density at radius 3 is 2.64 bits per heavy atom. The Morgan fingerprint density at radius 2 is 2.14 bits per heavy atom. The predicted molar refractivity (Wildman–Crippen MR) is 57.5 cm³/mol. The van der Waals surface area contributed by atoms with E-state index in [0.717, 1.165) is 22.9 Å². The lowest BCUT2D eigenvalue weighted by Crippen LogP contribution is -2.18. The molecule has 1 fully saturated rings. The van der Waals surface area contributed by atoms with Crippen LogP contribution in [0.1, 0.15) is 18.4 Å². The number of phenols is 1. The molecule has 1 aliphatic carbocycles. The first-order valence-corrected chi connectivity index (χ1v) is 5.22. The molecule has 4 heteroatoms. The largest absolute Gasteiger partial charge is 0.508 e. The van der Waals surface area contributed by atoms with Crippen molar-refractivity contribution in [3.05, 3.63) is 22.2 Å². The van der Waals surface area contributed by atoms with Crippen LogP contribution in [-0.2, 0) is 5.54 Å². The van der Waals surface area contributed by atoms with Gasteiger partial charge in [0.2, 0.25) is 0 Å². The van der Waals surface area contributed by atoms with E-state index in [2.05, 4.69) is 15.9 Å². The van der Waals surface area contributed by atoms with E-state index >= 15 is 0 Å². The number of nitrogens with two attached hydrogens (primary N) is 1. The van der Waals surface area contributed by atoms with E-state index in [9.17, 15) is 5.11 Å². The van der Waals surface area contributed by atoms with Crippen LogP contribution < -0.4 is 10.5 Å². The maximum absolute atomic E-state index is 9.72. The van der Waals surface area contributed by atoms with Gasteiger partial charge in [-0.15, -0.1) is 0 Å². The van der Waals surface area contributed by atoms with Crippen LogP contribution in [0.4, 0.5) is 0 Å². The summed E-state index contributed by atoms with van der Waals surface area (Å²) in [5.74, 6) is 0.937. The third kappa shape index (κ3) is 1.48. The van der Waals surface area contributed by atoms with Crippen LogP contribution in [0.5, 0.6) is 11.5 Å². The topological polar surface area (TPSA) is 55.5 Å². The molecular weight excluding hydrogens is 246 g/mol. The highest BCUT2D eigenvalue weighted by atomic mass is 79.9. The summed E-state index contributed by atoms with van der Waals surface area (Å²) in [7, 11) is 1.59. The van der Waals surface area contributed by atoms with Crippen LogP contribution in [0.2, 0.25) is 0 Å². The first kappa shape index (κ1) is 9.80. The Hall–Kier alpha value is -0.740. The fourth-order valence-corrected chi connectivity index (χ4v) is 2.00. The minimum Gasteiger partial charge on any atom is -0.508 e. The quantitative estimate of drug-likeness (QED) is 0.854. The second-order valence-corrected chi connectivity index (χ2v) is 4.51. The second-order valence-electron chi connectivity index (χ2n) is 3.66. The van der Waals surface area contributed by atoms with Crippen LogP contribution in [0, 0.1) is 0 Å². The lowest BCUT2D eigenvalue weighted by atomic mass is 10.0. The molecule has 1 saturated carbocycles. The van der Waals surface area contributed by atoms with E-state index in [0.29, 0.717) is 5.75 Å². The van der Waals surface area contributed by atoms with Crippen LogP contribution in [0.25, 0.3) is 0 Å². The number of rotatable bonds is 2. The summed E-state index contributed by atoms with van der Waals surface area (Å²) in [6.07, 6.45) is 1.84. The van der Waals surface area contributed by atoms with Gasteiger partial charge in [0.05, 0.1) is 11.6 Å². The lowest BCUT2D eigenvalue weighted by Gasteiger charge is -2.14. The molecule has 0 aliphatic heterocycles. The van der Waals surface area contributed by atoms with Gasteiger partial charge >= 0.3 is 0 Å². The second kappa shape index (κ2) is 3.14. The standard InChI is InChI=1S/C10H12BrNO2/c1-14-9-4-6(10(12)2-3-10)8(13)5-7(9)11/h4-5,13H,2-3,12H2,1H3. The molecule has 0 radical (unpaired) electrons. The minimum atomic E-state index is -0.335. The normalized spacial score (nSPS) is 17.9. The summed E-state index contributed by atoms with van der Waals surface area (Å²) in [4.78, 5) is 0. The molecule has 0 bridgehead atoms. The number of halogens is 1. The van der Waals surface area contributed by atoms with Crippen LogP contribution in [-0.4, -0.2) is 12.2 Å². The van der Waals surface area contributed by atoms with Gasteiger partial charge in [-0.25, -0.2) is 0 Å². The molecule has 0 unspecified atom stereocenters. The average molecular weight is 258 g/mol. The van der Waals surface area contributed by atoms with Crippen molar-refractivity contribution in [3.63, 3.8) is 0 Å². The lowest BCUT2D eigenvalue weighted by molar-refractivity contribution is 0.406. The number of methoxy groups -OCH3 is 1. The van der Waals surface area contributed by atoms with Gasteiger partial charge in [0.1, 0.15) is 11.5 Å². The molecule has 0 saturated heterocycles. The Kier molecular flexibility index (Phi) is 2.20. The minimum absolute atomic E-state index is 0.234. The molecule has 1 aromatic rings. The zero-order valence-corrected chi connectivity index (χ0v) is 9.47. The summed E-state index contributed by atoms with van der Waals surface area (Å²) in [5, 5.41) is 9.72. The van der Waals surface area contributed by atoms with Gasteiger partial charge in [0.25, 0.3) is 0 Å². The monoisotopic (exact) mass is 257 g/mol. The molecule has 2 rings (SSSR count). The van der Waals surface area contributed by atoms with E-state index in [1.807, 2.05) is 0 Å².